The highest BCUT2D eigenvalue weighted by molar-refractivity contribution is 14.1. The molecule has 0 spiro atoms. The fraction of sp³-hybridized carbons (Fsp3) is 0.125. The summed E-state index contributed by atoms with van der Waals surface area (Å²) in [5.74, 6) is -0.507. The molecule has 0 unspecified atom stereocenters. The van der Waals surface area contributed by atoms with Gasteiger partial charge in [-0.2, -0.15) is 5.10 Å². The van der Waals surface area contributed by atoms with Gasteiger partial charge in [-0.25, -0.2) is 12.9 Å². The van der Waals surface area contributed by atoms with Gasteiger partial charge in [-0.3, -0.25) is 9.52 Å². The van der Waals surface area contributed by atoms with Crippen molar-refractivity contribution in [1.29, 1.82) is 0 Å². The minimum absolute atomic E-state index is 0.0219. The lowest BCUT2D eigenvalue weighted by molar-refractivity contribution is 0.0955. The summed E-state index contributed by atoms with van der Waals surface area (Å²) in [4.78, 5) is 12.1. The summed E-state index contributed by atoms with van der Waals surface area (Å²) in [6, 6.07) is 12.2. The number of benzene rings is 1. The van der Waals surface area contributed by atoms with Crippen LogP contribution in [0.2, 0.25) is 0 Å². The molecule has 1 amide bonds. The molecule has 0 fully saturated rings. The predicted octanol–water partition coefficient (Wildman–Crippen LogP) is 2.11. The molecule has 130 valence electrons. The van der Waals surface area contributed by atoms with Crippen molar-refractivity contribution < 1.29 is 13.2 Å². The van der Waals surface area contributed by atoms with Crippen LogP contribution in [0.25, 0.3) is 5.52 Å². The number of carbonyl (C=O) groups is 1. The normalized spacial score (nSPS) is 11.4. The molecule has 0 aliphatic rings. The van der Waals surface area contributed by atoms with Crippen LogP contribution >= 0.6 is 22.6 Å². The van der Waals surface area contributed by atoms with E-state index in [1.807, 2.05) is 12.1 Å². The number of rotatable bonds is 6. The minimum Gasteiger partial charge on any atom is -0.351 e. The number of sulfonamides is 1. The van der Waals surface area contributed by atoms with Crippen LogP contribution in [0.1, 0.15) is 10.4 Å². The van der Waals surface area contributed by atoms with Gasteiger partial charge in [0.15, 0.2) is 0 Å². The molecule has 0 bridgehead atoms. The van der Waals surface area contributed by atoms with Crippen molar-refractivity contribution >= 4 is 49.7 Å². The molecule has 0 saturated carbocycles. The average molecular weight is 470 g/mol. The van der Waals surface area contributed by atoms with Crippen LogP contribution in [0.4, 0.5) is 5.69 Å². The van der Waals surface area contributed by atoms with Crippen LogP contribution in [0.5, 0.6) is 0 Å². The fourth-order valence-corrected chi connectivity index (χ4v) is 3.85. The smallest absolute Gasteiger partial charge is 0.252 e. The van der Waals surface area contributed by atoms with Crippen molar-refractivity contribution in [3.05, 3.63) is 64.0 Å². The van der Waals surface area contributed by atoms with Gasteiger partial charge in [-0.05, 0) is 52.9 Å². The predicted molar refractivity (Wildman–Crippen MR) is 104 cm³/mol. The topological polar surface area (TPSA) is 92.6 Å². The molecule has 2 N–H and O–H groups in total. The molecule has 0 aliphatic heterocycles. The zero-order valence-electron chi connectivity index (χ0n) is 13.0. The number of carbonyl (C=O) groups excluding carboxylic acids is 1. The van der Waals surface area contributed by atoms with Crippen molar-refractivity contribution in [2.75, 3.05) is 17.0 Å². The molecule has 2 heterocycles. The van der Waals surface area contributed by atoms with Gasteiger partial charge in [0, 0.05) is 22.5 Å². The Morgan fingerprint density at radius 1 is 1.20 bits per heavy atom. The molecule has 0 atom stereocenters. The molecule has 0 saturated heterocycles. The van der Waals surface area contributed by atoms with E-state index in [1.165, 1.54) is 0 Å². The monoisotopic (exact) mass is 470 g/mol. The van der Waals surface area contributed by atoms with Crippen LogP contribution in [-0.2, 0) is 10.0 Å². The second-order valence-electron chi connectivity index (χ2n) is 5.27. The highest BCUT2D eigenvalue weighted by atomic mass is 127. The Morgan fingerprint density at radius 2 is 2.00 bits per heavy atom. The largest absolute Gasteiger partial charge is 0.351 e. The SMILES string of the molecule is O=C(NCCS(=O)(=O)Nc1ccn2nccc2c1)c1ccccc1I. The van der Waals surface area contributed by atoms with Crippen LogP contribution in [0.15, 0.2) is 54.9 Å². The Labute approximate surface area is 158 Å². The van der Waals surface area contributed by atoms with E-state index in [1.54, 1.807) is 47.2 Å². The zero-order valence-corrected chi connectivity index (χ0v) is 16.0. The van der Waals surface area contributed by atoms with Crippen molar-refractivity contribution in [1.82, 2.24) is 14.9 Å². The number of nitrogens with zero attached hydrogens (tertiary/aromatic N) is 2. The van der Waals surface area contributed by atoms with E-state index in [0.29, 0.717) is 11.3 Å². The maximum absolute atomic E-state index is 12.2. The summed E-state index contributed by atoms with van der Waals surface area (Å²) in [5.41, 5.74) is 1.77. The van der Waals surface area contributed by atoms with E-state index in [2.05, 4.69) is 37.7 Å². The van der Waals surface area contributed by atoms with Gasteiger partial charge >= 0.3 is 0 Å². The lowest BCUT2D eigenvalue weighted by Crippen LogP contribution is -2.31. The fourth-order valence-electron chi connectivity index (χ4n) is 2.26. The van der Waals surface area contributed by atoms with Crippen molar-refractivity contribution in [3.8, 4) is 0 Å². The van der Waals surface area contributed by atoms with E-state index in [-0.39, 0.29) is 18.2 Å². The number of aromatic nitrogens is 2. The highest BCUT2D eigenvalue weighted by Gasteiger charge is 2.13. The first kappa shape index (κ1) is 17.7. The number of amides is 1. The van der Waals surface area contributed by atoms with Gasteiger partial charge in [0.1, 0.15) is 0 Å². The summed E-state index contributed by atoms with van der Waals surface area (Å²) in [5, 5.41) is 6.68. The summed E-state index contributed by atoms with van der Waals surface area (Å²) in [7, 11) is -3.57. The van der Waals surface area contributed by atoms with Crippen molar-refractivity contribution in [3.63, 3.8) is 0 Å². The van der Waals surface area contributed by atoms with E-state index >= 15 is 0 Å². The minimum atomic E-state index is -3.57. The number of nitrogens with one attached hydrogen (secondary N) is 2. The molecule has 7 nitrogen and oxygen atoms in total. The van der Waals surface area contributed by atoms with Crippen LogP contribution in [-0.4, -0.2) is 36.2 Å². The molecule has 3 rings (SSSR count). The second-order valence-corrected chi connectivity index (χ2v) is 8.28. The standard InChI is InChI=1S/C16H15IN4O3S/c17-15-4-2-1-3-14(15)16(22)18-8-10-25(23,24)20-12-6-9-21-13(11-12)5-7-19-21/h1-7,9,11,20H,8,10H2,(H,18,22). The molecular formula is C16H15IN4O3S. The average Bonchev–Trinajstić information content (AvgIpc) is 3.02. The second kappa shape index (κ2) is 7.40. The van der Waals surface area contributed by atoms with E-state index in [0.717, 1.165) is 9.09 Å². The van der Waals surface area contributed by atoms with E-state index in [4.69, 9.17) is 0 Å². The maximum atomic E-state index is 12.2. The summed E-state index contributed by atoms with van der Waals surface area (Å²) < 4.78 is 29.3. The third kappa shape index (κ3) is 4.48. The summed E-state index contributed by atoms with van der Waals surface area (Å²) >= 11 is 2.07. The molecular weight excluding hydrogens is 455 g/mol. The Balaban J connectivity index is 1.58. The van der Waals surface area contributed by atoms with Crippen LogP contribution in [0.3, 0.4) is 0 Å². The van der Waals surface area contributed by atoms with Crippen LogP contribution in [0, 0.1) is 3.57 Å². The number of anilines is 1. The molecule has 3 aromatic rings. The first-order valence-electron chi connectivity index (χ1n) is 7.41. The number of hydrogen-bond acceptors (Lipinski definition) is 4. The van der Waals surface area contributed by atoms with Gasteiger partial charge in [0.2, 0.25) is 10.0 Å². The number of fused-ring (bicyclic) bond motifs is 1. The quantitative estimate of drug-likeness (QED) is 0.540. The third-order valence-electron chi connectivity index (χ3n) is 3.45. The van der Waals surface area contributed by atoms with Gasteiger partial charge < -0.3 is 5.32 Å². The maximum Gasteiger partial charge on any atom is 0.252 e. The lowest BCUT2D eigenvalue weighted by Gasteiger charge is -2.10. The van der Waals surface area contributed by atoms with Gasteiger partial charge in [0.05, 0.1) is 22.5 Å². The van der Waals surface area contributed by atoms with E-state index < -0.39 is 10.0 Å². The third-order valence-corrected chi connectivity index (χ3v) is 5.68. The van der Waals surface area contributed by atoms with E-state index in [9.17, 15) is 13.2 Å². The highest BCUT2D eigenvalue weighted by Crippen LogP contribution is 2.13. The summed E-state index contributed by atoms with van der Waals surface area (Å²) in [6.45, 7) is 0.0219. The molecule has 25 heavy (non-hydrogen) atoms. The zero-order chi connectivity index (χ0) is 17.9. The molecule has 0 radical (unpaired) electrons. The van der Waals surface area contributed by atoms with Gasteiger partial charge in [-0.15, -0.1) is 0 Å². The van der Waals surface area contributed by atoms with Gasteiger partial charge in [-0.1, -0.05) is 12.1 Å². The Bertz CT molecular complexity index is 1020. The summed E-state index contributed by atoms with van der Waals surface area (Å²) in [6.07, 6.45) is 3.31. The van der Waals surface area contributed by atoms with Crippen molar-refractivity contribution in [2.45, 2.75) is 0 Å². The Hall–Kier alpha value is -2.14. The Morgan fingerprint density at radius 3 is 2.80 bits per heavy atom. The Kier molecular flexibility index (Phi) is 5.23. The molecule has 1 aromatic carbocycles. The molecule has 0 aliphatic carbocycles. The number of pyridine rings is 1. The first-order valence-corrected chi connectivity index (χ1v) is 10.1. The number of halogens is 1. The lowest BCUT2D eigenvalue weighted by atomic mass is 10.2. The number of hydrogen-bond donors (Lipinski definition) is 2. The molecule has 2 aromatic heterocycles. The van der Waals surface area contributed by atoms with Gasteiger partial charge in [0.25, 0.3) is 5.91 Å². The van der Waals surface area contributed by atoms with Crippen molar-refractivity contribution in [2.24, 2.45) is 0 Å². The molecule has 9 heteroatoms. The first-order chi connectivity index (χ1) is 11.9. The van der Waals surface area contributed by atoms with Crippen LogP contribution < -0.4 is 10.0 Å².